The van der Waals surface area contributed by atoms with Gasteiger partial charge in [0.15, 0.2) is 5.78 Å². The molecule has 13 heavy (non-hydrogen) atoms. The first kappa shape index (κ1) is 8.69. The number of rotatable bonds is 1. The SMILES string of the molecule is O=C(O)C12CCCC(CNC1)C2=O. The molecule has 72 valence electrons. The van der Waals surface area contributed by atoms with E-state index in [1.165, 1.54) is 0 Å². The van der Waals surface area contributed by atoms with Crippen LogP contribution in [0.4, 0.5) is 0 Å². The number of ketones is 1. The van der Waals surface area contributed by atoms with Crippen molar-refractivity contribution in [1.29, 1.82) is 0 Å². The van der Waals surface area contributed by atoms with Crippen molar-refractivity contribution in [2.24, 2.45) is 11.3 Å². The number of piperidine rings is 1. The number of hydrogen-bond acceptors (Lipinski definition) is 3. The van der Waals surface area contributed by atoms with E-state index in [-0.39, 0.29) is 11.7 Å². The number of nitrogens with one attached hydrogen (secondary N) is 1. The number of hydrogen-bond donors (Lipinski definition) is 2. The molecule has 0 aromatic carbocycles. The van der Waals surface area contributed by atoms with Crippen LogP contribution in [0.25, 0.3) is 0 Å². The van der Waals surface area contributed by atoms with Gasteiger partial charge in [0.05, 0.1) is 0 Å². The summed E-state index contributed by atoms with van der Waals surface area (Å²) in [6.07, 6.45) is 2.22. The molecular weight excluding hydrogens is 170 g/mol. The predicted octanol–water partition coefficient (Wildman–Crippen LogP) is 0.0298. The zero-order valence-electron chi connectivity index (χ0n) is 7.38. The lowest BCUT2D eigenvalue weighted by Crippen LogP contribution is -2.58. The van der Waals surface area contributed by atoms with Gasteiger partial charge in [0.2, 0.25) is 0 Å². The van der Waals surface area contributed by atoms with Crippen LogP contribution >= 0.6 is 0 Å². The second-order valence-electron chi connectivity index (χ2n) is 3.97. The van der Waals surface area contributed by atoms with Crippen molar-refractivity contribution in [2.45, 2.75) is 19.3 Å². The predicted molar refractivity (Wildman–Crippen MR) is 45.3 cm³/mol. The van der Waals surface area contributed by atoms with E-state index < -0.39 is 11.4 Å². The van der Waals surface area contributed by atoms with Crippen molar-refractivity contribution in [3.8, 4) is 0 Å². The van der Waals surface area contributed by atoms with Gasteiger partial charge in [-0.05, 0) is 12.8 Å². The van der Waals surface area contributed by atoms with Crippen LogP contribution in [-0.4, -0.2) is 29.9 Å². The summed E-state index contributed by atoms with van der Waals surface area (Å²) in [5.41, 5.74) is -1.10. The zero-order valence-corrected chi connectivity index (χ0v) is 7.38. The number of carbonyl (C=O) groups is 2. The molecule has 4 heteroatoms. The van der Waals surface area contributed by atoms with Crippen LogP contribution in [0.3, 0.4) is 0 Å². The fourth-order valence-electron chi connectivity index (χ4n) is 2.41. The highest BCUT2D eigenvalue weighted by Crippen LogP contribution is 2.38. The first-order chi connectivity index (χ1) is 6.17. The van der Waals surface area contributed by atoms with Crippen molar-refractivity contribution in [2.75, 3.05) is 13.1 Å². The zero-order chi connectivity index (χ0) is 9.47. The summed E-state index contributed by atoms with van der Waals surface area (Å²) in [5.74, 6) is -1.06. The van der Waals surface area contributed by atoms with Crippen LogP contribution in [0.15, 0.2) is 0 Å². The second-order valence-corrected chi connectivity index (χ2v) is 3.97. The molecule has 2 fully saturated rings. The summed E-state index contributed by atoms with van der Waals surface area (Å²) >= 11 is 0. The highest BCUT2D eigenvalue weighted by Gasteiger charge is 2.52. The largest absolute Gasteiger partial charge is 0.480 e. The lowest BCUT2D eigenvalue weighted by atomic mass is 9.66. The van der Waals surface area contributed by atoms with E-state index in [4.69, 9.17) is 5.11 Å². The minimum Gasteiger partial charge on any atom is -0.480 e. The van der Waals surface area contributed by atoms with E-state index in [9.17, 15) is 9.59 Å². The van der Waals surface area contributed by atoms with Crippen molar-refractivity contribution in [3.05, 3.63) is 0 Å². The van der Waals surface area contributed by atoms with Crippen molar-refractivity contribution in [3.63, 3.8) is 0 Å². The maximum absolute atomic E-state index is 11.8. The number of carboxylic acid groups (broad SMARTS) is 1. The molecular formula is C9H13NO3. The number of Topliss-reactive ketones (excluding diaryl/α,β-unsaturated/α-hetero) is 1. The van der Waals surface area contributed by atoms with Gasteiger partial charge >= 0.3 is 5.97 Å². The molecule has 0 aromatic rings. The number of carbonyl (C=O) groups excluding carboxylic acids is 1. The molecule has 0 amide bonds. The normalized spacial score (nSPS) is 38.8. The lowest BCUT2D eigenvalue weighted by molar-refractivity contribution is -0.161. The summed E-state index contributed by atoms with van der Waals surface area (Å²) in [5, 5.41) is 12.1. The smallest absolute Gasteiger partial charge is 0.318 e. The molecule has 1 saturated carbocycles. The van der Waals surface area contributed by atoms with Crippen molar-refractivity contribution < 1.29 is 14.7 Å². The highest BCUT2D eigenvalue weighted by atomic mass is 16.4. The molecule has 2 bridgehead atoms. The summed E-state index contributed by atoms with van der Waals surface area (Å²) in [6, 6.07) is 0. The van der Waals surface area contributed by atoms with Gasteiger partial charge in [0, 0.05) is 19.0 Å². The van der Waals surface area contributed by atoms with Gasteiger partial charge < -0.3 is 10.4 Å². The van der Waals surface area contributed by atoms with Gasteiger partial charge in [-0.25, -0.2) is 0 Å². The Bertz CT molecular complexity index is 252. The molecule has 4 nitrogen and oxygen atoms in total. The Morgan fingerprint density at radius 3 is 3.00 bits per heavy atom. The fraction of sp³-hybridized carbons (Fsp3) is 0.778. The third-order valence-electron chi connectivity index (χ3n) is 3.23. The quantitative estimate of drug-likeness (QED) is 0.563. The van der Waals surface area contributed by atoms with Crippen LogP contribution in [0.2, 0.25) is 0 Å². The summed E-state index contributed by atoms with van der Waals surface area (Å²) in [4.78, 5) is 22.8. The Labute approximate surface area is 76.3 Å². The fourth-order valence-corrected chi connectivity index (χ4v) is 2.41. The van der Waals surface area contributed by atoms with Gasteiger partial charge in [-0.15, -0.1) is 0 Å². The topological polar surface area (TPSA) is 66.4 Å². The van der Waals surface area contributed by atoms with Gasteiger partial charge in [-0.1, -0.05) is 6.42 Å². The molecule has 0 aromatic heterocycles. The number of carboxylic acids is 1. The number of fused-ring (bicyclic) bond motifs is 2. The maximum atomic E-state index is 11.8. The first-order valence-corrected chi connectivity index (χ1v) is 4.65. The average molecular weight is 183 g/mol. The monoisotopic (exact) mass is 183 g/mol. The van der Waals surface area contributed by atoms with Crippen molar-refractivity contribution >= 4 is 11.8 Å². The van der Waals surface area contributed by atoms with E-state index >= 15 is 0 Å². The van der Waals surface area contributed by atoms with E-state index in [1.807, 2.05) is 0 Å². The molecule has 2 unspecified atom stereocenters. The molecule has 1 aliphatic heterocycles. The maximum Gasteiger partial charge on any atom is 0.318 e. The molecule has 2 rings (SSSR count). The third-order valence-corrected chi connectivity index (χ3v) is 3.23. The lowest BCUT2D eigenvalue weighted by Gasteiger charge is -2.40. The van der Waals surface area contributed by atoms with E-state index in [0.717, 1.165) is 12.8 Å². The molecule has 2 atom stereocenters. The minimum absolute atomic E-state index is 0.0509. The molecule has 0 spiro atoms. The van der Waals surface area contributed by atoms with Crippen LogP contribution < -0.4 is 5.32 Å². The summed E-state index contributed by atoms with van der Waals surface area (Å²) < 4.78 is 0. The average Bonchev–Trinajstić information content (AvgIpc) is 2.03. The molecule has 2 N–H and O–H groups in total. The van der Waals surface area contributed by atoms with Gasteiger partial charge in [-0.2, -0.15) is 0 Å². The molecule has 2 aliphatic rings. The molecule has 1 heterocycles. The Balaban J connectivity index is 2.33. The standard InChI is InChI=1S/C9H13NO3/c11-7-6-2-1-3-9(7,8(12)13)5-10-4-6/h6,10H,1-5H2,(H,12,13). The Morgan fingerprint density at radius 1 is 1.62 bits per heavy atom. The van der Waals surface area contributed by atoms with Crippen LogP contribution in [0, 0.1) is 11.3 Å². The van der Waals surface area contributed by atoms with Gasteiger partial charge in [-0.3, -0.25) is 9.59 Å². The molecule has 1 aliphatic carbocycles. The van der Waals surface area contributed by atoms with Gasteiger partial charge in [0.25, 0.3) is 0 Å². The Morgan fingerprint density at radius 2 is 2.38 bits per heavy atom. The Kier molecular flexibility index (Phi) is 1.87. The van der Waals surface area contributed by atoms with Crippen LogP contribution in [0.5, 0.6) is 0 Å². The van der Waals surface area contributed by atoms with Gasteiger partial charge in [0.1, 0.15) is 5.41 Å². The third kappa shape index (κ3) is 1.09. The van der Waals surface area contributed by atoms with Crippen LogP contribution in [0.1, 0.15) is 19.3 Å². The second kappa shape index (κ2) is 2.80. The van der Waals surface area contributed by atoms with Crippen molar-refractivity contribution in [1.82, 2.24) is 5.32 Å². The van der Waals surface area contributed by atoms with E-state index in [0.29, 0.717) is 19.5 Å². The first-order valence-electron chi connectivity index (χ1n) is 4.65. The highest BCUT2D eigenvalue weighted by molar-refractivity contribution is 6.05. The summed E-state index contributed by atoms with van der Waals surface area (Å²) in [6.45, 7) is 0.978. The van der Waals surface area contributed by atoms with E-state index in [1.54, 1.807) is 0 Å². The number of aliphatic carboxylic acids is 1. The summed E-state index contributed by atoms with van der Waals surface area (Å²) in [7, 11) is 0. The van der Waals surface area contributed by atoms with E-state index in [2.05, 4.69) is 5.32 Å². The molecule has 1 saturated heterocycles. The Hall–Kier alpha value is -0.900. The van der Waals surface area contributed by atoms with Crippen LogP contribution in [-0.2, 0) is 9.59 Å². The minimum atomic E-state index is -1.10. The molecule has 0 radical (unpaired) electrons.